The summed E-state index contributed by atoms with van der Waals surface area (Å²) in [6, 6.07) is 17.1. The molecule has 22 heavy (non-hydrogen) atoms. The van der Waals surface area contributed by atoms with Crippen LogP contribution in [-0.2, 0) is 9.59 Å². The molecular formula is C19H18O3. The highest BCUT2D eigenvalue weighted by molar-refractivity contribution is 6.48. The Morgan fingerprint density at radius 2 is 1.41 bits per heavy atom. The zero-order valence-corrected chi connectivity index (χ0v) is 12.5. The van der Waals surface area contributed by atoms with E-state index in [1.165, 1.54) is 0 Å². The molecule has 0 aliphatic heterocycles. The molecule has 0 N–H and O–H groups in total. The highest BCUT2D eigenvalue weighted by Gasteiger charge is 2.32. The van der Waals surface area contributed by atoms with Crippen molar-refractivity contribution in [3.05, 3.63) is 71.8 Å². The number of rotatable bonds is 7. The van der Waals surface area contributed by atoms with Gasteiger partial charge in [-0.15, -0.1) is 0 Å². The van der Waals surface area contributed by atoms with Gasteiger partial charge in [0.2, 0.25) is 11.6 Å². The molecule has 0 bridgehead atoms. The Kier molecular flexibility index (Phi) is 5.37. The fourth-order valence-electron chi connectivity index (χ4n) is 2.38. The van der Waals surface area contributed by atoms with Gasteiger partial charge >= 0.3 is 0 Å². The third-order valence-electron chi connectivity index (χ3n) is 3.47. The molecule has 0 saturated heterocycles. The largest absolute Gasteiger partial charge is 0.299 e. The second-order valence-electron chi connectivity index (χ2n) is 5.12. The minimum absolute atomic E-state index is 0.206. The summed E-state index contributed by atoms with van der Waals surface area (Å²) in [4.78, 5) is 37.3. The van der Waals surface area contributed by atoms with E-state index in [4.69, 9.17) is 0 Å². The monoisotopic (exact) mass is 294 g/mol. The van der Waals surface area contributed by atoms with Crippen molar-refractivity contribution < 1.29 is 14.4 Å². The SMILES string of the molecule is CCCC(=O)C(C(=O)C(=O)c1ccccc1)c1ccccc1. The number of benzene rings is 2. The molecule has 2 rings (SSSR count). The lowest BCUT2D eigenvalue weighted by Gasteiger charge is -2.14. The zero-order valence-electron chi connectivity index (χ0n) is 12.5. The van der Waals surface area contributed by atoms with Crippen molar-refractivity contribution in [2.24, 2.45) is 0 Å². The maximum atomic E-state index is 12.6. The highest BCUT2D eigenvalue weighted by atomic mass is 16.2. The number of carbonyl (C=O) groups excluding carboxylic acids is 3. The molecule has 3 nitrogen and oxygen atoms in total. The smallest absolute Gasteiger partial charge is 0.229 e. The van der Waals surface area contributed by atoms with E-state index in [0.717, 1.165) is 0 Å². The van der Waals surface area contributed by atoms with E-state index in [-0.39, 0.29) is 12.2 Å². The molecule has 0 saturated carbocycles. The van der Waals surface area contributed by atoms with Crippen LogP contribution in [0.15, 0.2) is 60.7 Å². The first-order chi connectivity index (χ1) is 10.6. The first-order valence-electron chi connectivity index (χ1n) is 7.36. The van der Waals surface area contributed by atoms with Gasteiger partial charge in [0.05, 0.1) is 0 Å². The number of hydrogen-bond acceptors (Lipinski definition) is 3. The van der Waals surface area contributed by atoms with Crippen molar-refractivity contribution in [3.8, 4) is 0 Å². The zero-order chi connectivity index (χ0) is 15.9. The molecular weight excluding hydrogens is 276 g/mol. The average molecular weight is 294 g/mol. The summed E-state index contributed by atoms with van der Waals surface area (Å²) >= 11 is 0. The van der Waals surface area contributed by atoms with E-state index in [1.54, 1.807) is 54.6 Å². The van der Waals surface area contributed by atoms with E-state index in [9.17, 15) is 14.4 Å². The van der Waals surface area contributed by atoms with Gasteiger partial charge in [-0.2, -0.15) is 0 Å². The number of Topliss-reactive ketones (excluding diaryl/α,β-unsaturated/α-hetero) is 3. The maximum absolute atomic E-state index is 12.6. The topological polar surface area (TPSA) is 51.2 Å². The predicted octanol–water partition coefficient (Wildman–Crippen LogP) is 3.59. The van der Waals surface area contributed by atoms with Crippen molar-refractivity contribution in [1.82, 2.24) is 0 Å². The predicted molar refractivity (Wildman–Crippen MR) is 84.9 cm³/mol. The Balaban J connectivity index is 2.35. The van der Waals surface area contributed by atoms with Gasteiger partial charge in [-0.1, -0.05) is 67.6 Å². The fraction of sp³-hybridized carbons (Fsp3) is 0.211. The maximum Gasteiger partial charge on any atom is 0.229 e. The molecule has 2 aromatic rings. The van der Waals surface area contributed by atoms with E-state index in [1.807, 2.05) is 13.0 Å². The van der Waals surface area contributed by atoms with Crippen molar-refractivity contribution in [2.45, 2.75) is 25.7 Å². The molecule has 0 heterocycles. The molecule has 0 aromatic heterocycles. The highest BCUT2D eigenvalue weighted by Crippen LogP contribution is 2.22. The van der Waals surface area contributed by atoms with E-state index in [2.05, 4.69) is 0 Å². The number of ketones is 3. The number of hydrogen-bond donors (Lipinski definition) is 0. The van der Waals surface area contributed by atoms with Crippen LogP contribution in [0.3, 0.4) is 0 Å². The minimum atomic E-state index is -1.01. The van der Waals surface area contributed by atoms with Gasteiger partial charge in [-0.3, -0.25) is 14.4 Å². The fourth-order valence-corrected chi connectivity index (χ4v) is 2.38. The molecule has 0 aliphatic rings. The van der Waals surface area contributed by atoms with Crippen molar-refractivity contribution in [2.75, 3.05) is 0 Å². The van der Waals surface area contributed by atoms with Crippen LogP contribution in [0.5, 0.6) is 0 Å². The van der Waals surface area contributed by atoms with Crippen molar-refractivity contribution in [1.29, 1.82) is 0 Å². The first-order valence-corrected chi connectivity index (χ1v) is 7.36. The van der Waals surface area contributed by atoms with Crippen molar-refractivity contribution in [3.63, 3.8) is 0 Å². The second kappa shape index (κ2) is 7.46. The van der Waals surface area contributed by atoms with Crippen LogP contribution in [-0.4, -0.2) is 17.3 Å². The van der Waals surface area contributed by atoms with E-state index < -0.39 is 17.5 Å². The Morgan fingerprint density at radius 3 is 1.95 bits per heavy atom. The third kappa shape index (κ3) is 3.55. The lowest BCUT2D eigenvalue weighted by molar-refractivity contribution is -0.127. The van der Waals surface area contributed by atoms with Crippen LogP contribution in [0.1, 0.15) is 41.6 Å². The van der Waals surface area contributed by atoms with Crippen LogP contribution in [0.4, 0.5) is 0 Å². The quantitative estimate of drug-likeness (QED) is 0.445. The number of carbonyl (C=O) groups is 3. The standard InChI is InChI=1S/C19H18O3/c1-2-9-16(20)17(14-10-5-3-6-11-14)19(22)18(21)15-12-7-4-8-13-15/h3-8,10-13,17H,2,9H2,1H3. The molecule has 0 fully saturated rings. The van der Waals surface area contributed by atoms with Crippen LogP contribution in [0.2, 0.25) is 0 Å². The molecule has 0 radical (unpaired) electrons. The summed E-state index contributed by atoms with van der Waals surface area (Å²) in [6.45, 7) is 1.88. The molecule has 0 spiro atoms. The Hall–Kier alpha value is -2.55. The average Bonchev–Trinajstić information content (AvgIpc) is 2.56. The lowest BCUT2D eigenvalue weighted by Crippen LogP contribution is -2.28. The Morgan fingerprint density at radius 1 is 0.864 bits per heavy atom. The Bertz CT molecular complexity index is 660. The van der Waals surface area contributed by atoms with Crippen LogP contribution in [0.25, 0.3) is 0 Å². The summed E-state index contributed by atoms with van der Waals surface area (Å²) in [6.07, 6.45) is 0.933. The van der Waals surface area contributed by atoms with E-state index >= 15 is 0 Å². The van der Waals surface area contributed by atoms with Gasteiger partial charge < -0.3 is 0 Å². The first kappa shape index (κ1) is 15.8. The Labute approximate surface area is 130 Å². The van der Waals surface area contributed by atoms with Crippen LogP contribution < -0.4 is 0 Å². The lowest BCUT2D eigenvalue weighted by atomic mass is 9.85. The van der Waals surface area contributed by atoms with Gasteiger partial charge in [0.1, 0.15) is 11.7 Å². The molecule has 0 amide bonds. The molecule has 1 atom stereocenters. The van der Waals surface area contributed by atoms with Gasteiger partial charge in [-0.05, 0) is 12.0 Å². The normalized spacial score (nSPS) is 11.7. The molecule has 0 aliphatic carbocycles. The van der Waals surface area contributed by atoms with Gasteiger partial charge in [0.15, 0.2) is 0 Å². The summed E-state index contributed by atoms with van der Waals surface area (Å²) in [5.41, 5.74) is 0.896. The summed E-state index contributed by atoms with van der Waals surface area (Å²) in [7, 11) is 0. The molecule has 112 valence electrons. The van der Waals surface area contributed by atoms with Crippen molar-refractivity contribution >= 4 is 17.3 Å². The summed E-state index contributed by atoms with van der Waals surface area (Å²) in [5.74, 6) is -2.48. The molecule has 2 aromatic carbocycles. The molecule has 1 unspecified atom stereocenters. The van der Waals surface area contributed by atoms with Crippen LogP contribution >= 0.6 is 0 Å². The second-order valence-corrected chi connectivity index (χ2v) is 5.12. The van der Waals surface area contributed by atoms with E-state index in [0.29, 0.717) is 17.5 Å². The summed E-state index contributed by atoms with van der Waals surface area (Å²) in [5, 5.41) is 0. The van der Waals surface area contributed by atoms with Gasteiger partial charge in [-0.25, -0.2) is 0 Å². The summed E-state index contributed by atoms with van der Waals surface area (Å²) < 4.78 is 0. The van der Waals surface area contributed by atoms with Gasteiger partial charge in [0, 0.05) is 12.0 Å². The third-order valence-corrected chi connectivity index (χ3v) is 3.47. The van der Waals surface area contributed by atoms with Crippen LogP contribution in [0, 0.1) is 0 Å². The molecule has 3 heteroatoms. The van der Waals surface area contributed by atoms with Gasteiger partial charge in [0.25, 0.3) is 0 Å². The minimum Gasteiger partial charge on any atom is -0.299 e.